The van der Waals surface area contributed by atoms with Crippen LogP contribution in [0.2, 0.25) is 0 Å². The van der Waals surface area contributed by atoms with Gasteiger partial charge in [-0.25, -0.2) is 9.78 Å². The third kappa shape index (κ3) is 4.40. The first-order chi connectivity index (χ1) is 16.6. The molecule has 8 heteroatoms. The lowest BCUT2D eigenvalue weighted by atomic mass is 10.1. The molecular formula is C26H21NO6S. The molecule has 0 spiro atoms. The lowest BCUT2D eigenvalue weighted by Crippen LogP contribution is -2.14. The third-order valence-corrected chi connectivity index (χ3v) is 6.21. The van der Waals surface area contributed by atoms with Gasteiger partial charge in [-0.15, -0.1) is 11.3 Å². The van der Waals surface area contributed by atoms with Crippen LogP contribution in [0.25, 0.3) is 32.5 Å². The van der Waals surface area contributed by atoms with Crippen molar-refractivity contribution in [3.63, 3.8) is 0 Å². The summed E-state index contributed by atoms with van der Waals surface area (Å²) in [6, 6.07) is 18.9. The van der Waals surface area contributed by atoms with E-state index in [-0.39, 0.29) is 13.2 Å². The molecule has 0 aliphatic rings. The number of hydrogen-bond donors (Lipinski definition) is 0. The number of benzene rings is 3. The van der Waals surface area contributed by atoms with Crippen LogP contribution in [0.1, 0.15) is 5.69 Å². The smallest absolute Gasteiger partial charge is 0.344 e. The number of carbonyl (C=O) groups is 1. The van der Waals surface area contributed by atoms with Gasteiger partial charge < -0.3 is 23.4 Å². The molecule has 34 heavy (non-hydrogen) atoms. The fraction of sp³-hybridized carbons (Fsp3) is 0.154. The molecule has 0 N–H and O–H groups in total. The molecule has 0 saturated heterocycles. The summed E-state index contributed by atoms with van der Waals surface area (Å²) < 4.78 is 27.4. The number of esters is 1. The topological polar surface area (TPSA) is 80.0 Å². The van der Waals surface area contributed by atoms with Gasteiger partial charge in [0.15, 0.2) is 18.1 Å². The highest BCUT2D eigenvalue weighted by Gasteiger charge is 2.12. The van der Waals surface area contributed by atoms with Gasteiger partial charge in [0.2, 0.25) is 0 Å². The predicted molar refractivity (Wildman–Crippen MR) is 130 cm³/mol. The van der Waals surface area contributed by atoms with Gasteiger partial charge in [0.1, 0.15) is 28.5 Å². The minimum atomic E-state index is -0.474. The number of ether oxygens (including phenoxy) is 4. The zero-order valence-electron chi connectivity index (χ0n) is 18.6. The summed E-state index contributed by atoms with van der Waals surface area (Å²) >= 11 is 1.46. The number of hydrogen-bond acceptors (Lipinski definition) is 8. The molecule has 5 aromatic rings. The zero-order valence-corrected chi connectivity index (χ0v) is 19.4. The lowest BCUT2D eigenvalue weighted by Gasteiger charge is -2.08. The maximum absolute atomic E-state index is 12.2. The zero-order chi connectivity index (χ0) is 23.5. The molecule has 0 amide bonds. The summed E-state index contributed by atoms with van der Waals surface area (Å²) in [4.78, 5) is 16.8. The SMILES string of the molecule is COc1ccc(-c2nc(COC(=O)COc3ccc4oc5ccccc5c4c3)cs2)cc1OC. The highest BCUT2D eigenvalue weighted by Crippen LogP contribution is 2.34. The molecule has 2 aromatic heterocycles. The van der Waals surface area contributed by atoms with Crippen molar-refractivity contribution < 1.29 is 28.2 Å². The van der Waals surface area contributed by atoms with Crippen LogP contribution in [0.4, 0.5) is 0 Å². The van der Waals surface area contributed by atoms with Gasteiger partial charge in [-0.1, -0.05) is 18.2 Å². The van der Waals surface area contributed by atoms with Crippen LogP contribution in [0.3, 0.4) is 0 Å². The number of nitrogens with zero attached hydrogens (tertiary/aromatic N) is 1. The first kappa shape index (κ1) is 21.8. The van der Waals surface area contributed by atoms with Crippen molar-refractivity contribution in [3.05, 3.63) is 71.7 Å². The van der Waals surface area contributed by atoms with Crippen LogP contribution in [0, 0.1) is 0 Å². The highest BCUT2D eigenvalue weighted by atomic mass is 32.1. The standard InChI is InChI=1S/C26H21NO6S/c1-29-23-9-7-16(11-24(23)30-2)26-27-17(15-34-26)13-32-25(28)14-31-18-8-10-22-20(12-18)19-5-3-4-6-21(19)33-22/h3-12,15H,13-14H2,1-2H3. The van der Waals surface area contributed by atoms with Crippen molar-refractivity contribution in [2.75, 3.05) is 20.8 Å². The summed E-state index contributed by atoms with van der Waals surface area (Å²) in [5, 5.41) is 4.59. The summed E-state index contributed by atoms with van der Waals surface area (Å²) in [5.74, 6) is 1.37. The second-order valence-corrected chi connectivity index (χ2v) is 8.28. The molecule has 0 radical (unpaired) electrons. The van der Waals surface area contributed by atoms with E-state index < -0.39 is 5.97 Å². The van der Waals surface area contributed by atoms with Gasteiger partial charge in [-0.2, -0.15) is 0 Å². The van der Waals surface area contributed by atoms with E-state index in [2.05, 4.69) is 4.98 Å². The number of fused-ring (bicyclic) bond motifs is 3. The van der Waals surface area contributed by atoms with E-state index in [1.807, 2.05) is 60.0 Å². The molecule has 5 rings (SSSR count). The second-order valence-electron chi connectivity index (χ2n) is 7.42. The maximum atomic E-state index is 12.2. The van der Waals surface area contributed by atoms with Crippen molar-refractivity contribution >= 4 is 39.2 Å². The van der Waals surface area contributed by atoms with E-state index >= 15 is 0 Å². The Bertz CT molecular complexity index is 1470. The Morgan fingerprint density at radius 2 is 1.76 bits per heavy atom. The molecular weight excluding hydrogens is 454 g/mol. The largest absolute Gasteiger partial charge is 0.493 e. The first-order valence-corrected chi connectivity index (χ1v) is 11.4. The molecule has 0 fully saturated rings. The van der Waals surface area contributed by atoms with Gasteiger partial charge in [0.25, 0.3) is 0 Å². The predicted octanol–water partition coefficient (Wildman–Crippen LogP) is 5.85. The van der Waals surface area contributed by atoms with Gasteiger partial charge in [0, 0.05) is 21.7 Å². The monoisotopic (exact) mass is 475 g/mol. The Morgan fingerprint density at radius 3 is 2.62 bits per heavy atom. The van der Waals surface area contributed by atoms with Crippen LogP contribution in [-0.4, -0.2) is 31.8 Å². The maximum Gasteiger partial charge on any atom is 0.344 e. The minimum absolute atomic E-state index is 0.0669. The molecule has 0 atom stereocenters. The Kier molecular flexibility index (Phi) is 6.05. The Balaban J connectivity index is 1.19. The van der Waals surface area contributed by atoms with E-state index in [4.69, 9.17) is 23.4 Å². The number of furan rings is 1. The molecule has 0 bridgehead atoms. The van der Waals surface area contributed by atoms with Crippen molar-refractivity contribution in [2.24, 2.45) is 0 Å². The second kappa shape index (κ2) is 9.44. The average Bonchev–Trinajstić information content (AvgIpc) is 3.50. The number of aromatic nitrogens is 1. The Morgan fingerprint density at radius 1 is 0.941 bits per heavy atom. The fourth-order valence-corrected chi connectivity index (χ4v) is 4.41. The number of carbonyl (C=O) groups excluding carboxylic acids is 1. The number of methoxy groups -OCH3 is 2. The molecule has 3 aromatic carbocycles. The van der Waals surface area contributed by atoms with E-state index in [1.165, 1.54) is 11.3 Å². The van der Waals surface area contributed by atoms with Crippen LogP contribution in [-0.2, 0) is 16.1 Å². The van der Waals surface area contributed by atoms with E-state index in [9.17, 15) is 4.79 Å². The van der Waals surface area contributed by atoms with Crippen molar-refractivity contribution in [3.8, 4) is 27.8 Å². The Labute approximate surface area is 199 Å². The van der Waals surface area contributed by atoms with E-state index in [0.717, 1.165) is 32.5 Å². The third-order valence-electron chi connectivity index (χ3n) is 5.27. The summed E-state index contributed by atoms with van der Waals surface area (Å²) in [5.41, 5.74) is 3.13. The highest BCUT2D eigenvalue weighted by molar-refractivity contribution is 7.13. The number of thiazole rings is 1. The van der Waals surface area contributed by atoms with Crippen molar-refractivity contribution in [1.29, 1.82) is 0 Å². The summed E-state index contributed by atoms with van der Waals surface area (Å²) in [6.45, 7) is -0.134. The molecule has 0 aliphatic heterocycles. The van der Waals surface area contributed by atoms with E-state index in [1.54, 1.807) is 20.3 Å². The number of para-hydroxylation sites is 1. The fourth-order valence-electron chi connectivity index (χ4n) is 3.61. The van der Waals surface area contributed by atoms with Crippen LogP contribution in [0.5, 0.6) is 17.2 Å². The van der Waals surface area contributed by atoms with Crippen LogP contribution >= 0.6 is 11.3 Å². The van der Waals surface area contributed by atoms with Crippen molar-refractivity contribution in [2.45, 2.75) is 6.61 Å². The van der Waals surface area contributed by atoms with Gasteiger partial charge >= 0.3 is 5.97 Å². The lowest BCUT2D eigenvalue weighted by molar-refractivity contribution is -0.147. The summed E-state index contributed by atoms with van der Waals surface area (Å²) in [7, 11) is 3.18. The van der Waals surface area contributed by atoms with Gasteiger partial charge in [-0.05, 0) is 42.5 Å². The van der Waals surface area contributed by atoms with E-state index in [0.29, 0.717) is 22.9 Å². The number of rotatable bonds is 8. The Hall–Kier alpha value is -4.04. The molecule has 0 saturated carbocycles. The van der Waals surface area contributed by atoms with Gasteiger partial charge in [0.05, 0.1) is 19.9 Å². The molecule has 0 aliphatic carbocycles. The van der Waals surface area contributed by atoms with Crippen molar-refractivity contribution in [1.82, 2.24) is 4.98 Å². The molecule has 2 heterocycles. The molecule has 172 valence electrons. The molecule has 0 unspecified atom stereocenters. The average molecular weight is 476 g/mol. The normalized spacial score (nSPS) is 11.0. The first-order valence-electron chi connectivity index (χ1n) is 10.5. The molecule has 7 nitrogen and oxygen atoms in total. The quantitative estimate of drug-likeness (QED) is 0.261. The minimum Gasteiger partial charge on any atom is -0.493 e. The summed E-state index contributed by atoms with van der Waals surface area (Å²) in [6.07, 6.45) is 0. The van der Waals surface area contributed by atoms with Gasteiger partial charge in [-0.3, -0.25) is 0 Å². The van der Waals surface area contributed by atoms with Crippen LogP contribution < -0.4 is 14.2 Å². The van der Waals surface area contributed by atoms with Crippen LogP contribution in [0.15, 0.2) is 70.5 Å².